The molecular weight excluding hydrogens is 264 g/mol. The lowest BCUT2D eigenvalue weighted by atomic mass is 9.80. The largest absolute Gasteiger partial charge is 0.507 e. The summed E-state index contributed by atoms with van der Waals surface area (Å²) >= 11 is 0. The number of aliphatic hydroxyl groups excluding tert-OH is 2. The van der Waals surface area contributed by atoms with E-state index in [-0.39, 0.29) is 17.7 Å². The van der Waals surface area contributed by atoms with E-state index < -0.39 is 29.7 Å². The van der Waals surface area contributed by atoms with Crippen molar-refractivity contribution in [2.45, 2.75) is 37.1 Å². The standard InChI is InChI=1S/C14H16O6/c1-14-5-9(16)12(17)11(14)7-3-6(19-2)4-8(15)10(7)13(18)20-14/h3-4,9,11-12,15-17H,5H2,1-2H3/t9-,11+,12-,14-/m0/s1. The van der Waals surface area contributed by atoms with Crippen LogP contribution in [-0.2, 0) is 4.74 Å². The highest BCUT2D eigenvalue weighted by molar-refractivity contribution is 5.96. The van der Waals surface area contributed by atoms with Gasteiger partial charge in [0, 0.05) is 12.5 Å². The maximum atomic E-state index is 12.1. The number of ether oxygens (including phenoxy) is 2. The van der Waals surface area contributed by atoms with E-state index in [4.69, 9.17) is 9.47 Å². The van der Waals surface area contributed by atoms with Crippen LogP contribution in [0.25, 0.3) is 0 Å². The number of carbonyl (C=O) groups is 1. The summed E-state index contributed by atoms with van der Waals surface area (Å²) in [5.41, 5.74) is -0.507. The molecule has 3 rings (SSSR count). The minimum absolute atomic E-state index is 0.0291. The van der Waals surface area contributed by atoms with Crippen molar-refractivity contribution < 1.29 is 29.6 Å². The van der Waals surface area contributed by atoms with Gasteiger partial charge in [-0.1, -0.05) is 0 Å². The Bertz CT molecular complexity index is 583. The number of methoxy groups -OCH3 is 1. The second-order valence-electron chi connectivity index (χ2n) is 5.55. The zero-order chi connectivity index (χ0) is 14.7. The average Bonchev–Trinajstić information content (AvgIpc) is 2.58. The molecule has 1 fully saturated rings. The summed E-state index contributed by atoms with van der Waals surface area (Å²) in [5.74, 6) is -1.11. The lowest BCUT2D eigenvalue weighted by Crippen LogP contribution is -2.42. The number of hydrogen-bond acceptors (Lipinski definition) is 6. The van der Waals surface area contributed by atoms with E-state index in [0.717, 1.165) is 0 Å². The normalized spacial score (nSPS) is 35.2. The maximum absolute atomic E-state index is 12.1. The van der Waals surface area contributed by atoms with Crippen LogP contribution in [0.2, 0.25) is 0 Å². The number of aromatic hydroxyl groups is 1. The van der Waals surface area contributed by atoms with Gasteiger partial charge in [0.2, 0.25) is 0 Å². The quantitative estimate of drug-likeness (QED) is 0.650. The van der Waals surface area contributed by atoms with Gasteiger partial charge in [0.25, 0.3) is 0 Å². The molecule has 2 aliphatic rings. The number of phenols is 1. The van der Waals surface area contributed by atoms with Gasteiger partial charge < -0.3 is 24.8 Å². The molecule has 0 amide bonds. The van der Waals surface area contributed by atoms with Crippen molar-refractivity contribution in [3.8, 4) is 11.5 Å². The van der Waals surface area contributed by atoms with Gasteiger partial charge in [0.15, 0.2) is 0 Å². The predicted octanol–water partition coefficient (Wildman–Crippen LogP) is 0.539. The summed E-state index contributed by atoms with van der Waals surface area (Å²) in [5, 5.41) is 30.0. The molecule has 0 bridgehead atoms. The first-order valence-corrected chi connectivity index (χ1v) is 6.38. The Balaban J connectivity index is 2.23. The average molecular weight is 280 g/mol. The molecule has 6 heteroatoms. The summed E-state index contributed by atoms with van der Waals surface area (Å²) < 4.78 is 10.4. The number of hydrogen-bond donors (Lipinski definition) is 3. The van der Waals surface area contributed by atoms with E-state index in [0.29, 0.717) is 11.3 Å². The third-order valence-corrected chi connectivity index (χ3v) is 4.23. The lowest BCUT2D eigenvalue weighted by Gasteiger charge is -2.37. The number of aliphatic hydroxyl groups is 2. The third-order valence-electron chi connectivity index (χ3n) is 4.23. The van der Waals surface area contributed by atoms with Crippen LogP contribution < -0.4 is 4.74 Å². The Morgan fingerprint density at radius 1 is 1.40 bits per heavy atom. The fraction of sp³-hybridized carbons (Fsp3) is 0.500. The molecule has 108 valence electrons. The van der Waals surface area contributed by atoms with Crippen molar-refractivity contribution in [3.05, 3.63) is 23.3 Å². The van der Waals surface area contributed by atoms with Gasteiger partial charge in [0.05, 0.1) is 25.2 Å². The van der Waals surface area contributed by atoms with Gasteiger partial charge in [-0.3, -0.25) is 0 Å². The molecule has 1 aliphatic heterocycles. The summed E-state index contributed by atoms with van der Waals surface area (Å²) in [6, 6.07) is 2.92. The number of rotatable bonds is 1. The first-order valence-electron chi connectivity index (χ1n) is 6.38. The highest BCUT2D eigenvalue weighted by atomic mass is 16.6. The fourth-order valence-electron chi connectivity index (χ4n) is 3.33. The van der Waals surface area contributed by atoms with E-state index in [1.54, 1.807) is 13.0 Å². The van der Waals surface area contributed by atoms with Crippen molar-refractivity contribution in [1.29, 1.82) is 0 Å². The van der Waals surface area contributed by atoms with Crippen molar-refractivity contribution in [2.75, 3.05) is 7.11 Å². The number of esters is 1. The molecule has 6 nitrogen and oxygen atoms in total. The molecular formula is C14H16O6. The van der Waals surface area contributed by atoms with Crippen molar-refractivity contribution in [1.82, 2.24) is 0 Å². The molecule has 20 heavy (non-hydrogen) atoms. The molecule has 1 aromatic rings. The molecule has 1 aliphatic carbocycles. The highest BCUT2D eigenvalue weighted by Gasteiger charge is 2.57. The predicted molar refractivity (Wildman–Crippen MR) is 67.9 cm³/mol. The molecule has 1 saturated carbocycles. The Hall–Kier alpha value is -1.79. The summed E-state index contributed by atoms with van der Waals surface area (Å²) in [6.07, 6.45) is -1.88. The van der Waals surface area contributed by atoms with Crippen LogP contribution >= 0.6 is 0 Å². The zero-order valence-corrected chi connectivity index (χ0v) is 11.2. The van der Waals surface area contributed by atoms with E-state index in [9.17, 15) is 20.1 Å². The van der Waals surface area contributed by atoms with Gasteiger partial charge in [-0.15, -0.1) is 0 Å². The van der Waals surface area contributed by atoms with E-state index in [1.165, 1.54) is 13.2 Å². The zero-order valence-electron chi connectivity index (χ0n) is 11.2. The van der Waals surface area contributed by atoms with Gasteiger partial charge in [-0.25, -0.2) is 4.79 Å². The number of carbonyl (C=O) groups excluding carboxylic acids is 1. The first kappa shape index (κ1) is 13.2. The number of fused-ring (bicyclic) bond motifs is 3. The maximum Gasteiger partial charge on any atom is 0.342 e. The minimum atomic E-state index is -1.06. The molecule has 1 heterocycles. The SMILES string of the molecule is COc1cc(O)c2c(c1)[C@@H]1[C@@H](O)[C@@H](O)C[C@]1(C)OC2=O. The van der Waals surface area contributed by atoms with Crippen molar-refractivity contribution in [3.63, 3.8) is 0 Å². The molecule has 4 atom stereocenters. The van der Waals surface area contributed by atoms with Gasteiger partial charge in [-0.2, -0.15) is 0 Å². The van der Waals surface area contributed by atoms with Crippen molar-refractivity contribution in [2.24, 2.45) is 0 Å². The van der Waals surface area contributed by atoms with Crippen LogP contribution in [0.1, 0.15) is 35.2 Å². The second kappa shape index (κ2) is 4.10. The molecule has 0 aromatic heterocycles. The molecule has 0 spiro atoms. The summed E-state index contributed by atoms with van der Waals surface area (Å²) in [6.45, 7) is 1.68. The first-order chi connectivity index (χ1) is 9.37. The van der Waals surface area contributed by atoms with Crippen LogP contribution in [0.3, 0.4) is 0 Å². The van der Waals surface area contributed by atoms with Crippen LogP contribution in [0.4, 0.5) is 0 Å². The lowest BCUT2D eigenvalue weighted by molar-refractivity contribution is -0.0309. The highest BCUT2D eigenvalue weighted by Crippen LogP contribution is 2.52. The monoisotopic (exact) mass is 280 g/mol. The third kappa shape index (κ3) is 1.61. The topological polar surface area (TPSA) is 96.2 Å². The Morgan fingerprint density at radius 3 is 2.75 bits per heavy atom. The van der Waals surface area contributed by atoms with E-state index in [2.05, 4.69) is 0 Å². The van der Waals surface area contributed by atoms with Crippen LogP contribution in [0.5, 0.6) is 11.5 Å². The number of phenolic OH excluding ortho intramolecular Hbond substituents is 1. The Kier molecular flexibility index (Phi) is 2.71. The van der Waals surface area contributed by atoms with Crippen LogP contribution in [-0.4, -0.2) is 46.2 Å². The smallest absolute Gasteiger partial charge is 0.342 e. The molecule has 1 aromatic carbocycles. The van der Waals surface area contributed by atoms with Gasteiger partial charge in [0.1, 0.15) is 22.7 Å². The molecule has 3 N–H and O–H groups in total. The summed E-state index contributed by atoms with van der Waals surface area (Å²) in [7, 11) is 1.45. The van der Waals surface area contributed by atoms with Crippen LogP contribution in [0, 0.1) is 0 Å². The van der Waals surface area contributed by atoms with Crippen LogP contribution in [0.15, 0.2) is 12.1 Å². The van der Waals surface area contributed by atoms with Gasteiger partial charge >= 0.3 is 5.97 Å². The Morgan fingerprint density at radius 2 is 2.10 bits per heavy atom. The molecule has 0 saturated heterocycles. The Labute approximate surface area is 115 Å². The fourth-order valence-corrected chi connectivity index (χ4v) is 3.33. The molecule has 0 unspecified atom stereocenters. The minimum Gasteiger partial charge on any atom is -0.507 e. The van der Waals surface area contributed by atoms with E-state index in [1.807, 2.05) is 0 Å². The van der Waals surface area contributed by atoms with Gasteiger partial charge in [-0.05, 0) is 18.6 Å². The van der Waals surface area contributed by atoms with E-state index >= 15 is 0 Å². The number of benzene rings is 1. The molecule has 0 radical (unpaired) electrons. The summed E-state index contributed by atoms with van der Waals surface area (Å²) in [4.78, 5) is 12.1. The van der Waals surface area contributed by atoms with Crippen molar-refractivity contribution >= 4 is 5.97 Å². The second-order valence-corrected chi connectivity index (χ2v) is 5.55.